The number of rotatable bonds is 11. The molecule has 3 aromatic rings. The Bertz CT molecular complexity index is 1210. The molecular formula is C30H35ClN2O4S. The predicted molar refractivity (Wildman–Crippen MR) is 156 cm³/mol. The first-order chi connectivity index (χ1) is 18.2. The van der Waals surface area contributed by atoms with Gasteiger partial charge in [-0.2, -0.15) is 11.8 Å². The summed E-state index contributed by atoms with van der Waals surface area (Å²) in [5, 5.41) is 6.25. The van der Waals surface area contributed by atoms with Crippen LogP contribution in [0.3, 0.4) is 0 Å². The maximum atomic E-state index is 13.1. The van der Waals surface area contributed by atoms with Gasteiger partial charge in [-0.15, -0.1) is 0 Å². The van der Waals surface area contributed by atoms with Gasteiger partial charge in [0.2, 0.25) is 5.91 Å². The summed E-state index contributed by atoms with van der Waals surface area (Å²) in [4.78, 5) is 25.4. The molecule has 0 saturated carbocycles. The second-order valence-corrected chi connectivity index (χ2v) is 11.2. The molecule has 0 aliphatic rings. The molecule has 0 fully saturated rings. The third kappa shape index (κ3) is 9.30. The van der Waals surface area contributed by atoms with Crippen LogP contribution in [0, 0.1) is 0 Å². The lowest BCUT2D eigenvalue weighted by molar-refractivity contribution is -0.123. The zero-order valence-electron chi connectivity index (χ0n) is 22.3. The SMILES string of the molecule is CSCC[C@H](NC(=O)OC(C)(C)C)C(=O)NCc1cccc(Cl)c1-c1cccc(OCc2ccccc2)c1. The van der Waals surface area contributed by atoms with Crippen molar-refractivity contribution in [2.75, 3.05) is 12.0 Å². The van der Waals surface area contributed by atoms with Crippen molar-refractivity contribution in [3.63, 3.8) is 0 Å². The van der Waals surface area contributed by atoms with Crippen LogP contribution >= 0.6 is 23.4 Å². The number of nitrogens with one attached hydrogen (secondary N) is 2. The van der Waals surface area contributed by atoms with E-state index >= 15 is 0 Å². The topological polar surface area (TPSA) is 76.7 Å². The van der Waals surface area contributed by atoms with Crippen molar-refractivity contribution in [3.8, 4) is 16.9 Å². The first kappa shape index (κ1) is 29.4. The molecule has 0 unspecified atom stereocenters. The molecule has 1 atom stereocenters. The van der Waals surface area contributed by atoms with Crippen LogP contribution in [0.15, 0.2) is 72.8 Å². The molecule has 38 heavy (non-hydrogen) atoms. The van der Waals surface area contributed by atoms with E-state index in [4.69, 9.17) is 21.1 Å². The number of carbonyl (C=O) groups excluding carboxylic acids is 2. The Labute approximate surface area is 234 Å². The summed E-state index contributed by atoms with van der Waals surface area (Å²) in [5.41, 5.74) is 2.98. The van der Waals surface area contributed by atoms with Gasteiger partial charge in [0.1, 0.15) is 24.0 Å². The number of amides is 2. The summed E-state index contributed by atoms with van der Waals surface area (Å²) in [7, 11) is 0. The van der Waals surface area contributed by atoms with Gasteiger partial charge >= 0.3 is 6.09 Å². The number of carbonyl (C=O) groups is 2. The normalized spacial score (nSPS) is 11.9. The second-order valence-electron chi connectivity index (χ2n) is 9.77. The minimum Gasteiger partial charge on any atom is -0.489 e. The quantitative estimate of drug-likeness (QED) is 0.271. The minimum atomic E-state index is -0.713. The van der Waals surface area contributed by atoms with Gasteiger partial charge in [0.15, 0.2) is 0 Å². The van der Waals surface area contributed by atoms with Crippen molar-refractivity contribution in [2.24, 2.45) is 0 Å². The van der Waals surface area contributed by atoms with Crippen molar-refractivity contribution in [1.82, 2.24) is 10.6 Å². The fraction of sp³-hybridized carbons (Fsp3) is 0.333. The van der Waals surface area contributed by atoms with Crippen molar-refractivity contribution in [3.05, 3.63) is 88.9 Å². The standard InChI is InChI=1S/C30H35ClN2O4S/c1-30(2,3)37-29(35)33-26(16-17-38-4)28(34)32-19-23-13-9-15-25(31)27(23)22-12-8-14-24(18-22)36-20-21-10-6-5-7-11-21/h5-15,18,26H,16-17,19-20H2,1-4H3,(H,32,34)(H,33,35)/t26-/m0/s1. The highest BCUT2D eigenvalue weighted by Gasteiger charge is 2.24. The number of hydrogen-bond acceptors (Lipinski definition) is 5. The van der Waals surface area contributed by atoms with E-state index in [0.29, 0.717) is 23.8 Å². The van der Waals surface area contributed by atoms with Crippen molar-refractivity contribution in [2.45, 2.75) is 52.0 Å². The molecule has 0 bridgehead atoms. The van der Waals surface area contributed by atoms with Gasteiger partial charge in [0.05, 0.1) is 0 Å². The van der Waals surface area contributed by atoms with Gasteiger partial charge in [-0.25, -0.2) is 4.79 Å². The minimum absolute atomic E-state index is 0.246. The number of benzene rings is 3. The fourth-order valence-corrected chi connectivity index (χ4v) is 4.56. The van der Waals surface area contributed by atoms with E-state index in [0.717, 1.165) is 28.0 Å². The second kappa shape index (κ2) is 14.1. The van der Waals surface area contributed by atoms with Gasteiger partial charge in [-0.1, -0.05) is 66.2 Å². The van der Waals surface area contributed by atoms with E-state index in [-0.39, 0.29) is 12.5 Å². The van der Waals surface area contributed by atoms with Crippen LogP contribution in [0.2, 0.25) is 5.02 Å². The molecule has 8 heteroatoms. The summed E-state index contributed by atoms with van der Waals surface area (Å²) in [6.45, 7) is 6.05. The highest BCUT2D eigenvalue weighted by molar-refractivity contribution is 7.98. The van der Waals surface area contributed by atoms with Crippen molar-refractivity contribution >= 4 is 35.4 Å². The zero-order valence-corrected chi connectivity index (χ0v) is 23.8. The Kier molecular flexibility index (Phi) is 10.9. The lowest BCUT2D eigenvalue weighted by atomic mass is 9.99. The first-order valence-corrected chi connectivity index (χ1v) is 14.2. The van der Waals surface area contributed by atoms with E-state index in [1.54, 1.807) is 32.5 Å². The zero-order chi connectivity index (χ0) is 27.5. The van der Waals surface area contributed by atoms with E-state index in [9.17, 15) is 9.59 Å². The molecule has 0 aromatic heterocycles. The van der Waals surface area contributed by atoms with Gasteiger partial charge in [0, 0.05) is 17.1 Å². The fourth-order valence-electron chi connectivity index (χ4n) is 3.78. The van der Waals surface area contributed by atoms with E-state index in [1.807, 2.05) is 79.1 Å². The van der Waals surface area contributed by atoms with Crippen molar-refractivity contribution in [1.29, 1.82) is 0 Å². The highest BCUT2D eigenvalue weighted by atomic mass is 35.5. The van der Waals surface area contributed by atoms with Gasteiger partial charge in [-0.05, 0) is 74.1 Å². The molecule has 3 rings (SSSR count). The summed E-state index contributed by atoms with van der Waals surface area (Å²) < 4.78 is 11.4. The molecule has 0 aliphatic carbocycles. The average molecular weight is 555 g/mol. The first-order valence-electron chi connectivity index (χ1n) is 12.5. The Balaban J connectivity index is 1.73. The number of alkyl carbamates (subject to hydrolysis) is 1. The van der Waals surface area contributed by atoms with E-state index < -0.39 is 17.7 Å². The van der Waals surface area contributed by atoms with Crippen LogP contribution in [0.25, 0.3) is 11.1 Å². The third-order valence-electron chi connectivity index (χ3n) is 5.54. The molecule has 3 aromatic carbocycles. The molecule has 0 radical (unpaired) electrons. The van der Waals surface area contributed by atoms with Gasteiger partial charge < -0.3 is 20.1 Å². The van der Waals surface area contributed by atoms with Crippen LogP contribution in [0.4, 0.5) is 4.79 Å². The number of thioether (sulfide) groups is 1. The van der Waals surface area contributed by atoms with Crippen LogP contribution in [0.5, 0.6) is 5.75 Å². The van der Waals surface area contributed by atoms with Crippen LogP contribution in [0.1, 0.15) is 38.3 Å². The summed E-state index contributed by atoms with van der Waals surface area (Å²) in [5.74, 6) is 1.15. The number of halogens is 1. The van der Waals surface area contributed by atoms with Gasteiger partial charge in [-0.3, -0.25) is 4.79 Å². The van der Waals surface area contributed by atoms with Gasteiger partial charge in [0.25, 0.3) is 0 Å². The van der Waals surface area contributed by atoms with Crippen LogP contribution in [-0.2, 0) is 22.7 Å². The lowest BCUT2D eigenvalue weighted by Crippen LogP contribution is -2.48. The maximum Gasteiger partial charge on any atom is 0.408 e. The molecule has 0 aliphatic heterocycles. The molecule has 0 heterocycles. The molecule has 0 saturated heterocycles. The predicted octanol–water partition coefficient (Wildman–Crippen LogP) is 6.85. The Morgan fingerprint density at radius 1 is 1.00 bits per heavy atom. The maximum absolute atomic E-state index is 13.1. The van der Waals surface area contributed by atoms with Crippen LogP contribution < -0.4 is 15.4 Å². The van der Waals surface area contributed by atoms with Crippen LogP contribution in [-0.4, -0.2) is 35.7 Å². The average Bonchev–Trinajstić information content (AvgIpc) is 2.88. The lowest BCUT2D eigenvalue weighted by Gasteiger charge is -2.23. The van der Waals surface area contributed by atoms with E-state index in [1.165, 1.54) is 0 Å². The van der Waals surface area contributed by atoms with Crippen molar-refractivity contribution < 1.29 is 19.1 Å². The number of hydrogen-bond donors (Lipinski definition) is 2. The largest absolute Gasteiger partial charge is 0.489 e. The van der Waals surface area contributed by atoms with E-state index in [2.05, 4.69) is 10.6 Å². The summed E-state index contributed by atoms with van der Waals surface area (Å²) >= 11 is 8.24. The smallest absolute Gasteiger partial charge is 0.408 e. The molecule has 2 N–H and O–H groups in total. The number of ether oxygens (including phenoxy) is 2. The molecular weight excluding hydrogens is 520 g/mol. The highest BCUT2D eigenvalue weighted by Crippen LogP contribution is 2.33. The Morgan fingerprint density at radius 3 is 2.45 bits per heavy atom. The molecule has 2 amide bonds. The Hall–Kier alpha value is -3.16. The Morgan fingerprint density at radius 2 is 1.74 bits per heavy atom. The molecule has 202 valence electrons. The summed E-state index contributed by atoms with van der Waals surface area (Å²) in [6, 6.07) is 22.6. The molecule has 0 spiro atoms. The third-order valence-corrected chi connectivity index (χ3v) is 6.50. The monoisotopic (exact) mass is 554 g/mol. The molecule has 6 nitrogen and oxygen atoms in total. The summed E-state index contributed by atoms with van der Waals surface area (Å²) in [6.07, 6.45) is 1.82.